The Balaban J connectivity index is 0.000000387. The third-order valence-electron chi connectivity index (χ3n) is 12.3. The van der Waals surface area contributed by atoms with Crippen molar-refractivity contribution in [3.05, 3.63) is 170 Å². The molecular formula is C49H32BF24NO2S. The van der Waals surface area contributed by atoms with Gasteiger partial charge >= 0.3 is 60.4 Å². The number of ether oxygens (including phenoxy) is 1. The van der Waals surface area contributed by atoms with Crippen LogP contribution in [0.15, 0.2) is 115 Å². The minimum absolute atomic E-state index is 0.110. The third kappa shape index (κ3) is 14.2. The highest BCUT2D eigenvalue weighted by Gasteiger charge is 2.47. The summed E-state index contributed by atoms with van der Waals surface area (Å²) >= 11 is 1.45. The molecule has 29 heteroatoms. The molecule has 78 heavy (non-hydrogen) atoms. The van der Waals surface area contributed by atoms with Crippen LogP contribution in [0.3, 0.4) is 0 Å². The van der Waals surface area contributed by atoms with Gasteiger partial charge < -0.3 is 4.74 Å². The second-order valence-corrected chi connectivity index (χ2v) is 18.6. The molecule has 0 unspecified atom stereocenters. The summed E-state index contributed by atoms with van der Waals surface area (Å²) in [5, 5.41) is 2.63. The topological polar surface area (TPSA) is 30.2 Å². The van der Waals surface area contributed by atoms with Gasteiger partial charge in [0.25, 0.3) is 0 Å². The summed E-state index contributed by atoms with van der Waals surface area (Å²) in [5.74, 6) is -0.173. The highest BCUT2D eigenvalue weighted by atomic mass is 32.1. The van der Waals surface area contributed by atoms with Crippen LogP contribution in [0.2, 0.25) is 0 Å². The number of carbonyl (C=O) groups is 1. The van der Waals surface area contributed by atoms with E-state index in [1.165, 1.54) is 36.2 Å². The fourth-order valence-corrected chi connectivity index (χ4v) is 9.57. The van der Waals surface area contributed by atoms with E-state index < -0.39 is 195 Å². The first-order chi connectivity index (χ1) is 35.6. The lowest BCUT2D eigenvalue weighted by Crippen LogP contribution is -2.75. The summed E-state index contributed by atoms with van der Waals surface area (Å²) in [6, 6.07) is 1.36. The number of alkyl halides is 24. The Labute approximate surface area is 428 Å². The van der Waals surface area contributed by atoms with Crippen LogP contribution in [0.4, 0.5) is 105 Å². The Bertz CT molecular complexity index is 2650. The van der Waals surface area contributed by atoms with Crippen molar-refractivity contribution in [1.82, 2.24) is 0 Å². The predicted molar refractivity (Wildman–Crippen MR) is 232 cm³/mol. The van der Waals surface area contributed by atoms with Gasteiger partial charge in [0.05, 0.1) is 49.9 Å². The van der Waals surface area contributed by atoms with Crippen LogP contribution < -0.4 is 26.4 Å². The molecule has 0 amide bonds. The first-order valence-electron chi connectivity index (χ1n) is 22.2. The number of carbonyl (C=O) groups excluding carboxylic acids is 1. The maximum absolute atomic E-state index is 14.2. The highest BCUT2D eigenvalue weighted by molar-refractivity contribution is 7.20. The van der Waals surface area contributed by atoms with Crippen LogP contribution in [0, 0.1) is 0 Å². The molecule has 0 radical (unpaired) electrons. The molecule has 7 rings (SSSR count). The van der Waals surface area contributed by atoms with Crippen LogP contribution in [0.1, 0.15) is 92.0 Å². The molecule has 1 aliphatic rings. The second kappa shape index (κ2) is 21.7. The summed E-state index contributed by atoms with van der Waals surface area (Å²) in [6.07, 6.45) is -47.1. The zero-order valence-corrected chi connectivity index (χ0v) is 39.4. The third-order valence-corrected chi connectivity index (χ3v) is 13.2. The van der Waals surface area contributed by atoms with Gasteiger partial charge in [0.15, 0.2) is 12.7 Å². The highest BCUT2D eigenvalue weighted by Crippen LogP contribution is 2.41. The van der Waals surface area contributed by atoms with E-state index in [2.05, 4.69) is 12.1 Å². The van der Waals surface area contributed by atoms with Crippen molar-refractivity contribution in [2.24, 2.45) is 0 Å². The average molecular weight is 1170 g/mol. The number of rotatable bonds is 8. The Morgan fingerprint density at radius 2 is 0.718 bits per heavy atom. The van der Waals surface area contributed by atoms with Gasteiger partial charge in [-0.25, -0.2) is 4.79 Å². The number of hydrogen-bond acceptors (Lipinski definition) is 3. The first kappa shape index (κ1) is 60.8. The van der Waals surface area contributed by atoms with Gasteiger partial charge in [0, 0.05) is 5.56 Å². The molecule has 1 aliphatic carbocycles. The Kier molecular flexibility index (Phi) is 16.9. The molecule has 0 spiro atoms. The smallest absolute Gasteiger partial charge is 0.416 e. The van der Waals surface area contributed by atoms with Crippen molar-refractivity contribution in [1.29, 1.82) is 0 Å². The van der Waals surface area contributed by atoms with E-state index in [4.69, 9.17) is 4.74 Å². The maximum Gasteiger partial charge on any atom is 0.416 e. The van der Waals surface area contributed by atoms with E-state index in [1.807, 2.05) is 34.3 Å². The predicted octanol–water partition coefficient (Wildman–Crippen LogP) is 14.8. The van der Waals surface area contributed by atoms with Crippen molar-refractivity contribution in [2.75, 3.05) is 0 Å². The molecule has 1 heterocycles. The molecule has 1 aromatic heterocycles. The number of thiazole rings is 1. The van der Waals surface area contributed by atoms with E-state index >= 15 is 0 Å². The molecule has 6 aromatic rings. The van der Waals surface area contributed by atoms with E-state index in [0.29, 0.717) is 11.6 Å². The monoisotopic (exact) mass is 1170 g/mol. The number of halogens is 24. The molecule has 0 saturated heterocycles. The van der Waals surface area contributed by atoms with E-state index in [9.17, 15) is 110 Å². The van der Waals surface area contributed by atoms with Gasteiger partial charge in [-0.05, 0) is 49.9 Å². The first-order valence-corrected chi connectivity index (χ1v) is 23.0. The standard InChI is InChI=1S/C32H12BF24.C17H20NO2S/c34-25(35,36)13-1-14(26(37,38)39)6-21(5-13)33(22-7-15(27(40,41)42)2-16(8-22)28(43,44)45,23-9-17(29(46,47)48)3-18(10-23)30(49,50)51)24-11-19(31(52,53)54)4-20(12-24)32(55,56)57;19-17(20-15-9-5-2-6-10-15)16-18(11-12-21-16)13-14-7-3-1-4-8-14/h1-12H;1,3-4,7-8,11-12,15H,2,5-6,9-10,13H2/q-1;+1. The van der Waals surface area contributed by atoms with Crippen molar-refractivity contribution >= 4 is 45.3 Å². The minimum Gasteiger partial charge on any atom is -0.454 e. The van der Waals surface area contributed by atoms with Crippen molar-refractivity contribution in [2.45, 2.75) is 94.2 Å². The van der Waals surface area contributed by atoms with Gasteiger partial charge in [-0.3, -0.25) is 0 Å². The normalized spacial score (nSPS) is 14.7. The Hall–Kier alpha value is -6.42. The largest absolute Gasteiger partial charge is 0.454 e. The fraction of sp³-hybridized carbons (Fsp3) is 0.306. The fourth-order valence-electron chi connectivity index (χ4n) is 8.83. The number of esters is 1. The molecule has 422 valence electrons. The van der Waals surface area contributed by atoms with Gasteiger partial charge in [0.2, 0.25) is 0 Å². The van der Waals surface area contributed by atoms with E-state index in [0.717, 1.165) is 12.8 Å². The molecule has 1 fully saturated rings. The number of nitrogens with zero attached hydrogens (tertiary/aromatic N) is 1. The zero-order chi connectivity index (χ0) is 58.4. The van der Waals surface area contributed by atoms with Crippen LogP contribution in [0.5, 0.6) is 0 Å². The lowest BCUT2D eigenvalue weighted by molar-refractivity contribution is -0.685. The quantitative estimate of drug-likeness (QED) is 0.0658. The van der Waals surface area contributed by atoms with Crippen LogP contribution in [0.25, 0.3) is 0 Å². The molecule has 3 nitrogen and oxygen atoms in total. The van der Waals surface area contributed by atoms with Crippen molar-refractivity contribution in [3.63, 3.8) is 0 Å². The summed E-state index contributed by atoms with van der Waals surface area (Å²) in [7, 11) is 0. The molecule has 0 aliphatic heterocycles. The Morgan fingerprint density at radius 3 is 0.987 bits per heavy atom. The zero-order valence-electron chi connectivity index (χ0n) is 38.6. The second-order valence-electron chi connectivity index (χ2n) is 17.7. The van der Waals surface area contributed by atoms with Gasteiger partial charge in [-0.15, -0.1) is 0 Å². The lowest BCUT2D eigenvalue weighted by atomic mass is 9.12. The SMILES string of the molecule is FC(F)(F)c1cc([B-](c2cc(C(F)(F)F)cc(C(F)(F)F)c2)(c2cc(C(F)(F)F)cc(C(F)(F)F)c2)c2cc(C(F)(F)F)cc(C(F)(F)F)c2)cc(C(F)(F)F)c1.O=C(OC1CCCCC1)c1scc[n+]1Cc1ccccc1. The minimum atomic E-state index is -6.13. The van der Waals surface area contributed by atoms with Crippen molar-refractivity contribution in [3.8, 4) is 0 Å². The van der Waals surface area contributed by atoms with E-state index in [1.54, 1.807) is 0 Å². The number of benzene rings is 5. The molecule has 0 bridgehead atoms. The van der Waals surface area contributed by atoms with Crippen LogP contribution >= 0.6 is 11.3 Å². The van der Waals surface area contributed by atoms with Gasteiger partial charge in [-0.2, -0.15) is 132 Å². The van der Waals surface area contributed by atoms with Crippen molar-refractivity contribution < 1.29 is 119 Å². The molecule has 0 N–H and O–H groups in total. The summed E-state index contributed by atoms with van der Waals surface area (Å²) in [5.41, 5.74) is -29.0. The summed E-state index contributed by atoms with van der Waals surface area (Å²) in [6.45, 7) is 0.708. The summed E-state index contributed by atoms with van der Waals surface area (Å²) in [4.78, 5) is 12.4. The van der Waals surface area contributed by atoms with Crippen LogP contribution in [-0.2, 0) is 60.7 Å². The lowest BCUT2D eigenvalue weighted by Gasteiger charge is -2.46. The summed E-state index contributed by atoms with van der Waals surface area (Å²) < 4.78 is 348. The number of hydrogen-bond donors (Lipinski definition) is 0. The van der Waals surface area contributed by atoms with E-state index in [-0.39, 0.29) is 12.1 Å². The van der Waals surface area contributed by atoms with Crippen LogP contribution in [-0.4, -0.2) is 18.2 Å². The van der Waals surface area contributed by atoms with Gasteiger partial charge in [0.1, 0.15) is 12.2 Å². The molecule has 5 aromatic carbocycles. The molecule has 0 atom stereocenters. The number of aromatic nitrogens is 1. The van der Waals surface area contributed by atoms with Gasteiger partial charge in [-0.1, -0.05) is 96.6 Å². The Morgan fingerprint density at radius 1 is 0.436 bits per heavy atom. The maximum atomic E-state index is 14.2. The average Bonchev–Trinajstić information content (AvgIpc) is 3.82. The molecule has 1 saturated carbocycles. The molecular weight excluding hydrogens is 1130 g/mol.